The molecule has 2 aliphatic carbocycles. The zero-order valence-corrected chi connectivity index (χ0v) is 14.0. The number of methoxy groups -OCH3 is 1. The maximum Gasteiger partial charge on any atom is 0.239 e. The summed E-state index contributed by atoms with van der Waals surface area (Å²) in [5.41, 5.74) is 6.23. The Hall–Kier alpha value is -0.850. The minimum atomic E-state index is -0.173. The van der Waals surface area contributed by atoms with Gasteiger partial charge < -0.3 is 21.1 Å². The lowest BCUT2D eigenvalue weighted by molar-refractivity contribution is -0.130. The molecule has 128 valence electrons. The zero-order valence-electron chi connectivity index (χ0n) is 13.2. The molecule has 2 unspecified atom stereocenters. The summed E-state index contributed by atoms with van der Waals surface area (Å²) in [6, 6.07) is 0.264. The molecule has 22 heavy (non-hydrogen) atoms. The highest BCUT2D eigenvalue weighted by Crippen LogP contribution is 2.41. The average molecular weight is 334 g/mol. The first-order chi connectivity index (χ1) is 10.1. The van der Waals surface area contributed by atoms with E-state index in [4.69, 9.17) is 10.5 Å². The smallest absolute Gasteiger partial charge is 0.239 e. The number of rotatable bonds is 6. The SMILES string of the molecule is COCCNC(=O)CNC(=O)C1CC2CCCC(C1)C2N.Cl. The van der Waals surface area contributed by atoms with Gasteiger partial charge in [-0.2, -0.15) is 0 Å². The molecule has 2 rings (SSSR count). The molecule has 0 saturated heterocycles. The standard InChI is InChI=1S/C15H27N3O3.ClH/c1-21-6-5-17-13(19)9-18-15(20)12-7-10-3-2-4-11(8-12)14(10)16;/h10-12,14H,2-9,16H2,1H3,(H,17,19)(H,18,20);1H. The number of hydrogen-bond donors (Lipinski definition) is 3. The third-order valence-corrected chi connectivity index (χ3v) is 4.84. The highest BCUT2D eigenvalue weighted by molar-refractivity contribution is 5.86. The van der Waals surface area contributed by atoms with E-state index in [1.54, 1.807) is 7.11 Å². The van der Waals surface area contributed by atoms with Gasteiger partial charge in [0.25, 0.3) is 0 Å². The van der Waals surface area contributed by atoms with Crippen molar-refractivity contribution in [3.8, 4) is 0 Å². The minimum Gasteiger partial charge on any atom is -0.383 e. The van der Waals surface area contributed by atoms with Gasteiger partial charge in [-0.1, -0.05) is 6.42 Å². The number of halogens is 1. The van der Waals surface area contributed by atoms with Gasteiger partial charge in [0, 0.05) is 25.6 Å². The van der Waals surface area contributed by atoms with Crippen molar-refractivity contribution in [1.82, 2.24) is 10.6 Å². The number of carbonyl (C=O) groups is 2. The van der Waals surface area contributed by atoms with E-state index >= 15 is 0 Å². The normalized spacial score (nSPS) is 30.1. The summed E-state index contributed by atoms with van der Waals surface area (Å²) in [6.07, 6.45) is 5.25. The van der Waals surface area contributed by atoms with E-state index in [1.807, 2.05) is 0 Å². The lowest BCUT2D eigenvalue weighted by Gasteiger charge is -2.43. The van der Waals surface area contributed by atoms with Crippen LogP contribution in [-0.2, 0) is 14.3 Å². The van der Waals surface area contributed by atoms with Gasteiger partial charge in [0.05, 0.1) is 13.2 Å². The van der Waals surface area contributed by atoms with E-state index in [-0.39, 0.29) is 42.7 Å². The molecular weight excluding hydrogens is 306 g/mol. The van der Waals surface area contributed by atoms with Crippen molar-refractivity contribution in [2.45, 2.75) is 38.1 Å². The monoisotopic (exact) mass is 333 g/mol. The molecular formula is C15H28ClN3O3. The van der Waals surface area contributed by atoms with Crippen LogP contribution in [0, 0.1) is 17.8 Å². The maximum absolute atomic E-state index is 12.2. The Morgan fingerprint density at radius 3 is 2.41 bits per heavy atom. The molecule has 6 nitrogen and oxygen atoms in total. The summed E-state index contributed by atoms with van der Waals surface area (Å²) in [5.74, 6) is 0.799. The van der Waals surface area contributed by atoms with Crippen LogP contribution in [0.1, 0.15) is 32.1 Å². The molecule has 0 radical (unpaired) electrons. The summed E-state index contributed by atoms with van der Waals surface area (Å²) in [7, 11) is 1.58. The van der Waals surface area contributed by atoms with Crippen LogP contribution in [0.5, 0.6) is 0 Å². The Bertz CT molecular complexity index is 367. The molecule has 2 bridgehead atoms. The molecule has 0 aromatic carbocycles. The van der Waals surface area contributed by atoms with Crippen LogP contribution in [0.4, 0.5) is 0 Å². The van der Waals surface area contributed by atoms with E-state index in [2.05, 4.69) is 10.6 Å². The first-order valence-corrected chi connectivity index (χ1v) is 7.90. The second kappa shape index (κ2) is 9.33. The van der Waals surface area contributed by atoms with E-state index in [0.29, 0.717) is 25.0 Å². The summed E-state index contributed by atoms with van der Waals surface area (Å²) in [6.45, 7) is 0.984. The second-order valence-corrected chi connectivity index (χ2v) is 6.26. The van der Waals surface area contributed by atoms with Crippen LogP contribution in [-0.4, -0.2) is 44.7 Å². The van der Waals surface area contributed by atoms with Crippen LogP contribution < -0.4 is 16.4 Å². The predicted molar refractivity (Wildman–Crippen MR) is 86.7 cm³/mol. The van der Waals surface area contributed by atoms with Crippen molar-refractivity contribution in [3.05, 3.63) is 0 Å². The van der Waals surface area contributed by atoms with Crippen molar-refractivity contribution in [1.29, 1.82) is 0 Å². The van der Waals surface area contributed by atoms with Gasteiger partial charge in [0.1, 0.15) is 0 Å². The molecule has 2 saturated carbocycles. The Morgan fingerprint density at radius 2 is 1.82 bits per heavy atom. The van der Waals surface area contributed by atoms with Crippen molar-refractivity contribution in [3.63, 3.8) is 0 Å². The molecule has 2 amide bonds. The third kappa shape index (κ3) is 5.11. The summed E-state index contributed by atoms with van der Waals surface area (Å²) < 4.78 is 4.85. The lowest BCUT2D eigenvalue weighted by Crippen LogP contribution is -2.50. The van der Waals surface area contributed by atoms with Gasteiger partial charge in [-0.25, -0.2) is 0 Å². The fourth-order valence-corrected chi connectivity index (χ4v) is 3.67. The Morgan fingerprint density at radius 1 is 1.18 bits per heavy atom. The number of nitrogens with two attached hydrogens (primary N) is 1. The number of nitrogens with one attached hydrogen (secondary N) is 2. The van der Waals surface area contributed by atoms with Gasteiger partial charge in [-0.3, -0.25) is 9.59 Å². The third-order valence-electron chi connectivity index (χ3n) is 4.84. The second-order valence-electron chi connectivity index (χ2n) is 6.26. The van der Waals surface area contributed by atoms with E-state index in [9.17, 15) is 9.59 Å². The Kier molecular flexibility index (Phi) is 8.14. The molecule has 2 aliphatic rings. The fourth-order valence-electron chi connectivity index (χ4n) is 3.67. The van der Waals surface area contributed by atoms with Crippen LogP contribution in [0.3, 0.4) is 0 Å². The highest BCUT2D eigenvalue weighted by Gasteiger charge is 2.40. The van der Waals surface area contributed by atoms with Crippen molar-refractivity contribution < 1.29 is 14.3 Å². The zero-order chi connectivity index (χ0) is 15.2. The van der Waals surface area contributed by atoms with Crippen molar-refractivity contribution in [2.24, 2.45) is 23.5 Å². The number of amides is 2. The molecule has 0 aromatic heterocycles. The largest absolute Gasteiger partial charge is 0.383 e. The van der Waals surface area contributed by atoms with Crippen LogP contribution in [0.2, 0.25) is 0 Å². The lowest BCUT2D eigenvalue weighted by atomic mass is 9.65. The van der Waals surface area contributed by atoms with E-state index in [0.717, 1.165) is 25.7 Å². The summed E-state index contributed by atoms with van der Waals surface area (Å²) in [5, 5.41) is 5.44. The highest BCUT2D eigenvalue weighted by atomic mass is 35.5. The quantitative estimate of drug-likeness (QED) is 0.615. The summed E-state index contributed by atoms with van der Waals surface area (Å²) in [4.78, 5) is 23.8. The Labute approximate surface area is 138 Å². The number of hydrogen-bond acceptors (Lipinski definition) is 4. The van der Waals surface area contributed by atoms with Crippen molar-refractivity contribution >= 4 is 24.2 Å². The molecule has 0 aromatic rings. The molecule has 2 fully saturated rings. The molecule has 2 atom stereocenters. The van der Waals surface area contributed by atoms with Crippen LogP contribution in [0.15, 0.2) is 0 Å². The van der Waals surface area contributed by atoms with Gasteiger partial charge in [-0.05, 0) is 37.5 Å². The van der Waals surface area contributed by atoms with Gasteiger partial charge in [0.2, 0.25) is 11.8 Å². The van der Waals surface area contributed by atoms with Gasteiger partial charge in [-0.15, -0.1) is 12.4 Å². The molecule has 0 heterocycles. The van der Waals surface area contributed by atoms with Crippen LogP contribution >= 0.6 is 12.4 Å². The predicted octanol–water partition coefficient (Wildman–Crippen LogP) is 0.441. The average Bonchev–Trinajstić information content (AvgIpc) is 2.44. The first kappa shape index (κ1) is 19.2. The minimum absolute atomic E-state index is 0. The Balaban J connectivity index is 0.00000242. The van der Waals surface area contributed by atoms with E-state index in [1.165, 1.54) is 6.42 Å². The topological polar surface area (TPSA) is 93.5 Å². The molecule has 0 aliphatic heterocycles. The summed E-state index contributed by atoms with van der Waals surface area (Å²) >= 11 is 0. The van der Waals surface area contributed by atoms with Gasteiger partial charge in [0.15, 0.2) is 0 Å². The van der Waals surface area contributed by atoms with E-state index < -0.39 is 0 Å². The first-order valence-electron chi connectivity index (χ1n) is 7.90. The molecule has 4 N–H and O–H groups in total. The molecule has 7 heteroatoms. The number of carbonyl (C=O) groups excluding carboxylic acids is 2. The van der Waals surface area contributed by atoms with Gasteiger partial charge >= 0.3 is 0 Å². The maximum atomic E-state index is 12.2. The van der Waals surface area contributed by atoms with Crippen LogP contribution in [0.25, 0.3) is 0 Å². The number of fused-ring (bicyclic) bond motifs is 2. The molecule has 0 spiro atoms. The number of ether oxygens (including phenoxy) is 1. The van der Waals surface area contributed by atoms with Crippen molar-refractivity contribution in [2.75, 3.05) is 26.8 Å². The fraction of sp³-hybridized carbons (Fsp3) is 0.867.